The van der Waals surface area contributed by atoms with E-state index in [1.807, 2.05) is 6.92 Å². The molecule has 4 heteroatoms. The molecule has 0 aliphatic heterocycles. The monoisotopic (exact) mass is 143 g/mol. The molecular formula is C5H7N2OS+. The molecule has 3 nitrogen and oxygen atoms in total. The largest absolute Gasteiger partial charge is 0.487 e. The molecule has 0 saturated carbocycles. The number of rotatable bonds is 2. The van der Waals surface area contributed by atoms with Crippen molar-refractivity contribution in [1.29, 1.82) is 0 Å². The fourth-order valence-corrected chi connectivity index (χ4v) is 0.753. The van der Waals surface area contributed by atoms with E-state index in [0.717, 1.165) is 0 Å². The Bertz CT molecular complexity index is 185. The second kappa shape index (κ2) is 2.68. The molecule has 0 fully saturated rings. The van der Waals surface area contributed by atoms with Crippen molar-refractivity contribution in [1.82, 2.24) is 9.78 Å². The van der Waals surface area contributed by atoms with Crippen LogP contribution in [0.2, 0.25) is 0 Å². The first-order valence-electron chi connectivity index (χ1n) is 2.62. The molecule has 1 rings (SSSR count). The summed E-state index contributed by atoms with van der Waals surface area (Å²) in [4.78, 5) is 0. The summed E-state index contributed by atoms with van der Waals surface area (Å²) in [6, 6.07) is 1.80. The Labute approximate surface area is 57.2 Å². The SMILES string of the molecule is CC([S+]=O)n1cccn1. The molecule has 0 N–H and O–H groups in total. The zero-order valence-corrected chi connectivity index (χ0v) is 5.84. The second-order valence-electron chi connectivity index (χ2n) is 1.68. The number of hydrogen-bond acceptors (Lipinski definition) is 2. The normalized spacial score (nSPS) is 13.0. The van der Waals surface area contributed by atoms with Gasteiger partial charge in [-0.05, 0) is 6.07 Å². The summed E-state index contributed by atoms with van der Waals surface area (Å²) in [5, 5.41) is 3.79. The lowest BCUT2D eigenvalue weighted by Gasteiger charge is -1.89. The van der Waals surface area contributed by atoms with Crippen molar-refractivity contribution in [2.45, 2.75) is 12.3 Å². The highest BCUT2D eigenvalue weighted by atomic mass is 32.1. The molecule has 0 aromatic carbocycles. The van der Waals surface area contributed by atoms with E-state index < -0.39 is 0 Å². The van der Waals surface area contributed by atoms with Crippen molar-refractivity contribution in [2.75, 3.05) is 0 Å². The van der Waals surface area contributed by atoms with Crippen molar-refractivity contribution in [3.8, 4) is 0 Å². The number of nitrogens with zero attached hydrogens (tertiary/aromatic N) is 2. The van der Waals surface area contributed by atoms with Crippen LogP contribution in [-0.4, -0.2) is 9.78 Å². The second-order valence-corrected chi connectivity index (χ2v) is 2.56. The van der Waals surface area contributed by atoms with Gasteiger partial charge < -0.3 is 0 Å². The zero-order chi connectivity index (χ0) is 6.69. The van der Waals surface area contributed by atoms with E-state index in [-0.39, 0.29) is 5.37 Å². The molecule has 0 bridgehead atoms. The van der Waals surface area contributed by atoms with E-state index >= 15 is 0 Å². The first kappa shape index (κ1) is 6.35. The lowest BCUT2D eigenvalue weighted by Crippen LogP contribution is -2.02. The van der Waals surface area contributed by atoms with Crippen LogP contribution in [0.3, 0.4) is 0 Å². The van der Waals surface area contributed by atoms with Gasteiger partial charge in [0.15, 0.2) is 0 Å². The molecule has 0 amide bonds. The van der Waals surface area contributed by atoms with Gasteiger partial charge in [0.2, 0.25) is 0 Å². The van der Waals surface area contributed by atoms with E-state index in [0.29, 0.717) is 11.7 Å². The van der Waals surface area contributed by atoms with Crippen molar-refractivity contribution in [3.05, 3.63) is 18.5 Å². The van der Waals surface area contributed by atoms with Gasteiger partial charge in [0.1, 0.15) is 0 Å². The highest BCUT2D eigenvalue weighted by Crippen LogP contribution is 1.99. The summed E-state index contributed by atoms with van der Waals surface area (Å²) in [6.45, 7) is 1.81. The fraction of sp³-hybridized carbons (Fsp3) is 0.400. The first-order chi connectivity index (χ1) is 4.34. The van der Waals surface area contributed by atoms with Gasteiger partial charge in [0.05, 0.1) is 0 Å². The highest BCUT2D eigenvalue weighted by molar-refractivity contribution is 7.65. The van der Waals surface area contributed by atoms with E-state index in [9.17, 15) is 4.21 Å². The van der Waals surface area contributed by atoms with Crippen LogP contribution >= 0.6 is 0 Å². The minimum Gasteiger partial charge on any atom is -0.212 e. The quantitative estimate of drug-likeness (QED) is 0.575. The average molecular weight is 143 g/mol. The van der Waals surface area contributed by atoms with E-state index in [4.69, 9.17) is 0 Å². The average Bonchev–Trinajstić information content (AvgIpc) is 2.37. The van der Waals surface area contributed by atoms with Gasteiger partial charge in [0.25, 0.3) is 0 Å². The summed E-state index contributed by atoms with van der Waals surface area (Å²) < 4.78 is 11.8. The maximum Gasteiger partial charge on any atom is 0.487 e. The van der Waals surface area contributed by atoms with Gasteiger partial charge in [-0.25, -0.2) is 4.68 Å². The molecule has 1 heterocycles. The van der Waals surface area contributed by atoms with Gasteiger partial charge in [-0.3, -0.25) is 0 Å². The predicted molar refractivity (Wildman–Crippen MR) is 35.0 cm³/mol. The van der Waals surface area contributed by atoms with Crippen LogP contribution in [0.25, 0.3) is 0 Å². The molecule has 48 valence electrons. The third kappa shape index (κ3) is 1.32. The van der Waals surface area contributed by atoms with Gasteiger partial charge in [-0.1, -0.05) is 0 Å². The van der Waals surface area contributed by atoms with Crippen LogP contribution in [0.5, 0.6) is 0 Å². The Morgan fingerprint density at radius 2 is 2.56 bits per heavy atom. The predicted octanol–water partition coefficient (Wildman–Crippen LogP) is 0.830. The Morgan fingerprint density at radius 3 is 3.00 bits per heavy atom. The summed E-state index contributed by atoms with van der Waals surface area (Å²) in [6.07, 6.45) is 3.43. The van der Waals surface area contributed by atoms with Crippen LogP contribution in [0.1, 0.15) is 12.3 Å². The van der Waals surface area contributed by atoms with E-state index in [1.54, 1.807) is 23.1 Å². The lowest BCUT2D eigenvalue weighted by molar-refractivity contribution is 0.570. The molecular weight excluding hydrogens is 136 g/mol. The molecule has 1 unspecified atom stereocenters. The number of aromatic nitrogens is 2. The van der Waals surface area contributed by atoms with Gasteiger partial charge in [-0.2, -0.15) is 5.10 Å². The molecule has 1 aromatic heterocycles. The molecule has 0 aliphatic rings. The van der Waals surface area contributed by atoms with Crippen molar-refractivity contribution >= 4 is 11.7 Å². The molecule has 1 atom stereocenters. The standard InChI is InChI=1S/C5H7N2OS/c1-5(9-8)7-4-2-3-6-7/h2-5H,1H3/q+1. The van der Waals surface area contributed by atoms with Gasteiger partial charge in [-0.15, -0.1) is 0 Å². The van der Waals surface area contributed by atoms with Crippen LogP contribution in [-0.2, 0) is 15.9 Å². The van der Waals surface area contributed by atoms with Crippen molar-refractivity contribution in [2.24, 2.45) is 0 Å². The minimum absolute atomic E-state index is 0.0972. The first-order valence-corrected chi connectivity index (χ1v) is 3.43. The van der Waals surface area contributed by atoms with Gasteiger partial charge in [0, 0.05) is 23.5 Å². The zero-order valence-electron chi connectivity index (χ0n) is 5.02. The molecule has 0 radical (unpaired) electrons. The highest BCUT2D eigenvalue weighted by Gasteiger charge is 2.14. The van der Waals surface area contributed by atoms with Crippen LogP contribution in [0.4, 0.5) is 0 Å². The topological polar surface area (TPSA) is 34.9 Å². The molecule has 0 spiro atoms. The summed E-state index contributed by atoms with van der Waals surface area (Å²) in [7, 11) is 0. The molecule has 0 aliphatic carbocycles. The van der Waals surface area contributed by atoms with E-state index in [1.165, 1.54) is 0 Å². The van der Waals surface area contributed by atoms with Crippen molar-refractivity contribution < 1.29 is 4.21 Å². The molecule has 9 heavy (non-hydrogen) atoms. The fourth-order valence-electron chi connectivity index (χ4n) is 0.540. The summed E-state index contributed by atoms with van der Waals surface area (Å²) >= 11 is 0.533. The Kier molecular flexibility index (Phi) is 1.89. The van der Waals surface area contributed by atoms with Crippen LogP contribution < -0.4 is 0 Å². The minimum atomic E-state index is -0.0972. The summed E-state index contributed by atoms with van der Waals surface area (Å²) in [5.41, 5.74) is 0. The maximum absolute atomic E-state index is 10.2. The maximum atomic E-state index is 10.2. The Hall–Kier alpha value is -0.770. The number of hydrogen-bond donors (Lipinski definition) is 0. The third-order valence-electron chi connectivity index (χ3n) is 1.04. The molecule has 0 saturated heterocycles. The Morgan fingerprint density at radius 1 is 1.78 bits per heavy atom. The Balaban J connectivity index is 2.76. The smallest absolute Gasteiger partial charge is 0.212 e. The van der Waals surface area contributed by atoms with E-state index in [2.05, 4.69) is 5.10 Å². The van der Waals surface area contributed by atoms with Gasteiger partial charge >= 0.3 is 17.0 Å². The van der Waals surface area contributed by atoms with Crippen LogP contribution in [0, 0.1) is 0 Å². The van der Waals surface area contributed by atoms with Crippen molar-refractivity contribution in [3.63, 3.8) is 0 Å². The molecule has 1 aromatic rings. The van der Waals surface area contributed by atoms with Crippen LogP contribution in [0.15, 0.2) is 18.5 Å². The third-order valence-corrected chi connectivity index (χ3v) is 1.53. The summed E-state index contributed by atoms with van der Waals surface area (Å²) in [5.74, 6) is 0. The lowest BCUT2D eigenvalue weighted by atomic mass is 10.7.